The molecule has 1 aromatic heterocycles. The van der Waals surface area contributed by atoms with Gasteiger partial charge in [0, 0.05) is 26.8 Å². The monoisotopic (exact) mass is 329 g/mol. The van der Waals surface area contributed by atoms with Crippen molar-refractivity contribution in [1.29, 1.82) is 0 Å². The van der Waals surface area contributed by atoms with E-state index in [2.05, 4.69) is 76.8 Å². The first-order chi connectivity index (χ1) is 9.74. The van der Waals surface area contributed by atoms with Crippen LogP contribution in [0.15, 0.2) is 46.9 Å². The van der Waals surface area contributed by atoms with Crippen molar-refractivity contribution in [3.05, 3.63) is 46.9 Å². The molecule has 0 aliphatic rings. The molecule has 20 heavy (non-hydrogen) atoms. The average Bonchev–Trinajstić information content (AvgIpc) is 2.81. The van der Waals surface area contributed by atoms with Gasteiger partial charge in [-0.2, -0.15) is 0 Å². The lowest BCUT2D eigenvalue weighted by Crippen LogP contribution is -2.04. The minimum absolute atomic E-state index is 0.524. The molecule has 0 saturated heterocycles. The fourth-order valence-electron chi connectivity index (χ4n) is 3.10. The van der Waals surface area contributed by atoms with E-state index in [1.165, 1.54) is 45.5 Å². The molecule has 3 rings (SSSR count). The quantitative estimate of drug-likeness (QED) is 0.528. The van der Waals surface area contributed by atoms with Crippen LogP contribution in [0.5, 0.6) is 0 Å². The second-order valence-electron chi connectivity index (χ2n) is 5.51. The number of nitrogens with zero attached hydrogens (tertiary/aromatic N) is 1. The Morgan fingerprint density at radius 3 is 2.60 bits per heavy atom. The molecule has 0 N–H and O–H groups in total. The summed E-state index contributed by atoms with van der Waals surface area (Å²) in [6, 6.07) is 15.8. The maximum absolute atomic E-state index is 3.74. The number of halogens is 1. The van der Waals surface area contributed by atoms with E-state index in [9.17, 15) is 0 Å². The van der Waals surface area contributed by atoms with Gasteiger partial charge in [0.15, 0.2) is 0 Å². The molecule has 0 amide bonds. The maximum Gasteiger partial charge on any atom is 0.0638 e. The summed E-state index contributed by atoms with van der Waals surface area (Å²) in [5, 5.41) is 2.70. The molecule has 0 aliphatic heterocycles. The van der Waals surface area contributed by atoms with Gasteiger partial charge in [-0.05, 0) is 41.4 Å². The van der Waals surface area contributed by atoms with Crippen LogP contribution in [0.1, 0.15) is 39.2 Å². The number of fused-ring (bicyclic) bond motifs is 3. The maximum atomic E-state index is 3.74. The zero-order chi connectivity index (χ0) is 14.1. The predicted octanol–water partition coefficient (Wildman–Crippen LogP) is 6.31. The molecule has 1 unspecified atom stereocenters. The lowest BCUT2D eigenvalue weighted by molar-refractivity contribution is 0.509. The molecule has 1 atom stereocenters. The Hall–Kier alpha value is -1.28. The molecule has 104 valence electrons. The molecule has 0 saturated carbocycles. The summed E-state index contributed by atoms with van der Waals surface area (Å²) >= 11 is 3.74. The zero-order valence-corrected chi connectivity index (χ0v) is 13.7. The third-order valence-corrected chi connectivity index (χ3v) is 4.74. The molecule has 2 aromatic carbocycles. The molecule has 1 heterocycles. The summed E-state index contributed by atoms with van der Waals surface area (Å²) in [6.45, 7) is 4.59. The van der Waals surface area contributed by atoms with Crippen LogP contribution in [0.2, 0.25) is 0 Å². The molecule has 2 heteroatoms. The van der Waals surface area contributed by atoms with E-state index < -0.39 is 0 Å². The van der Waals surface area contributed by atoms with Gasteiger partial charge >= 0.3 is 0 Å². The lowest BCUT2D eigenvalue weighted by Gasteiger charge is -2.17. The Labute approximate surface area is 128 Å². The second kappa shape index (κ2) is 5.61. The summed E-state index contributed by atoms with van der Waals surface area (Å²) in [7, 11) is 0. The van der Waals surface area contributed by atoms with Crippen LogP contribution in [0.25, 0.3) is 21.8 Å². The minimum Gasteiger partial charge on any atom is -0.337 e. The highest BCUT2D eigenvalue weighted by Gasteiger charge is 2.16. The van der Waals surface area contributed by atoms with Crippen molar-refractivity contribution in [3.8, 4) is 0 Å². The smallest absolute Gasteiger partial charge is 0.0638 e. The summed E-state index contributed by atoms with van der Waals surface area (Å²) in [5.74, 6) is 0. The molecule has 0 fully saturated rings. The van der Waals surface area contributed by atoms with Crippen LogP contribution in [-0.4, -0.2) is 4.57 Å². The van der Waals surface area contributed by atoms with E-state index in [4.69, 9.17) is 0 Å². The Morgan fingerprint density at radius 1 is 1.05 bits per heavy atom. The zero-order valence-electron chi connectivity index (χ0n) is 12.1. The first-order valence-corrected chi connectivity index (χ1v) is 8.20. The number of hydrogen-bond acceptors (Lipinski definition) is 0. The van der Waals surface area contributed by atoms with Gasteiger partial charge in [0.2, 0.25) is 0 Å². The molecule has 1 nitrogen and oxygen atoms in total. The van der Waals surface area contributed by atoms with E-state index in [1.807, 2.05) is 0 Å². The Kier molecular flexibility index (Phi) is 3.84. The molecule has 0 spiro atoms. The Morgan fingerprint density at radius 2 is 1.80 bits per heavy atom. The topological polar surface area (TPSA) is 4.93 Å². The van der Waals surface area contributed by atoms with Crippen molar-refractivity contribution < 1.29 is 0 Å². The molecular weight excluding hydrogens is 310 g/mol. The number of unbranched alkanes of at least 4 members (excludes halogenated alkanes) is 1. The van der Waals surface area contributed by atoms with Crippen molar-refractivity contribution in [3.63, 3.8) is 0 Å². The average molecular weight is 330 g/mol. The summed E-state index contributed by atoms with van der Waals surface area (Å²) in [6.07, 6.45) is 3.76. The van der Waals surface area contributed by atoms with Crippen LogP contribution < -0.4 is 0 Å². The summed E-state index contributed by atoms with van der Waals surface area (Å²) < 4.78 is 3.69. The van der Waals surface area contributed by atoms with E-state index >= 15 is 0 Å². The number of para-hydroxylation sites is 2. The van der Waals surface area contributed by atoms with Crippen molar-refractivity contribution in [2.45, 2.75) is 39.2 Å². The fourth-order valence-corrected chi connectivity index (χ4v) is 3.65. The Balaban J connectivity index is 2.31. The molecule has 0 bridgehead atoms. The van der Waals surface area contributed by atoms with Crippen LogP contribution in [0.4, 0.5) is 0 Å². The number of aromatic nitrogens is 1. The second-order valence-corrected chi connectivity index (χ2v) is 6.37. The van der Waals surface area contributed by atoms with Crippen molar-refractivity contribution >= 4 is 37.7 Å². The molecule has 0 radical (unpaired) electrons. The number of hydrogen-bond donors (Lipinski definition) is 0. The van der Waals surface area contributed by atoms with Gasteiger partial charge in [-0.1, -0.05) is 50.1 Å². The van der Waals surface area contributed by atoms with Gasteiger partial charge in [0.1, 0.15) is 0 Å². The first kappa shape index (κ1) is 13.7. The third kappa shape index (κ3) is 2.16. The first-order valence-electron chi connectivity index (χ1n) is 7.41. The molecule has 0 aliphatic carbocycles. The highest BCUT2D eigenvalue weighted by atomic mass is 79.9. The van der Waals surface area contributed by atoms with Crippen LogP contribution >= 0.6 is 15.9 Å². The van der Waals surface area contributed by atoms with Crippen molar-refractivity contribution in [2.75, 3.05) is 0 Å². The van der Waals surface area contributed by atoms with E-state index in [-0.39, 0.29) is 0 Å². The van der Waals surface area contributed by atoms with Crippen molar-refractivity contribution in [2.24, 2.45) is 0 Å². The fraction of sp³-hybridized carbons (Fsp3) is 0.333. The molecule has 3 aromatic rings. The highest BCUT2D eigenvalue weighted by Crippen LogP contribution is 2.36. The SMILES string of the molecule is CCCCC(C)n1c2ccccc2c2cccc(Br)c21. The number of rotatable bonds is 4. The minimum atomic E-state index is 0.524. The van der Waals surface area contributed by atoms with Crippen LogP contribution in [-0.2, 0) is 0 Å². The van der Waals surface area contributed by atoms with Gasteiger partial charge < -0.3 is 4.57 Å². The van der Waals surface area contributed by atoms with Crippen LogP contribution in [0.3, 0.4) is 0 Å². The number of benzene rings is 2. The van der Waals surface area contributed by atoms with Gasteiger partial charge in [0.25, 0.3) is 0 Å². The van der Waals surface area contributed by atoms with Gasteiger partial charge in [-0.15, -0.1) is 0 Å². The predicted molar refractivity (Wildman–Crippen MR) is 91.4 cm³/mol. The van der Waals surface area contributed by atoms with E-state index in [0.717, 1.165) is 0 Å². The molecular formula is C18H20BrN. The highest BCUT2D eigenvalue weighted by molar-refractivity contribution is 9.10. The van der Waals surface area contributed by atoms with Crippen molar-refractivity contribution in [1.82, 2.24) is 4.57 Å². The summed E-state index contributed by atoms with van der Waals surface area (Å²) in [4.78, 5) is 0. The van der Waals surface area contributed by atoms with Gasteiger partial charge in [-0.3, -0.25) is 0 Å². The van der Waals surface area contributed by atoms with E-state index in [0.29, 0.717) is 6.04 Å². The standard InChI is InChI=1S/C18H20BrN/c1-3-4-8-13(2)20-17-12-6-5-9-14(17)15-10-7-11-16(19)18(15)20/h5-7,9-13H,3-4,8H2,1-2H3. The van der Waals surface area contributed by atoms with Gasteiger partial charge in [0.05, 0.1) is 5.52 Å². The summed E-state index contributed by atoms with van der Waals surface area (Å²) in [5.41, 5.74) is 2.68. The normalized spacial score (nSPS) is 13.2. The van der Waals surface area contributed by atoms with Crippen LogP contribution in [0, 0.1) is 0 Å². The van der Waals surface area contributed by atoms with E-state index in [1.54, 1.807) is 0 Å². The lowest BCUT2D eigenvalue weighted by atomic mass is 10.1. The van der Waals surface area contributed by atoms with Gasteiger partial charge in [-0.25, -0.2) is 0 Å². The Bertz CT molecular complexity index is 742. The largest absolute Gasteiger partial charge is 0.337 e. The third-order valence-electron chi connectivity index (χ3n) is 4.10.